The summed E-state index contributed by atoms with van der Waals surface area (Å²) in [5.41, 5.74) is 10.5. The molecule has 18 nitrogen and oxygen atoms in total. The van der Waals surface area contributed by atoms with E-state index in [9.17, 15) is 18.0 Å². The first-order chi connectivity index (χ1) is 32.8. The van der Waals surface area contributed by atoms with Gasteiger partial charge in [0.05, 0.1) is 74.7 Å². The summed E-state index contributed by atoms with van der Waals surface area (Å²) < 4.78 is 51.1. The second kappa shape index (κ2) is 20.4. The lowest BCUT2D eigenvalue weighted by Crippen LogP contribution is -2.48. The fourth-order valence-electron chi connectivity index (χ4n) is 8.99. The molecule has 4 aliphatic rings. The number of anilines is 2. The molecule has 3 N–H and O–H groups in total. The summed E-state index contributed by atoms with van der Waals surface area (Å²) in [7, 11) is 0.0422. The van der Waals surface area contributed by atoms with Crippen LogP contribution in [-0.4, -0.2) is 143 Å². The smallest absolute Gasteiger partial charge is 0.237 e. The van der Waals surface area contributed by atoms with Crippen LogP contribution in [-0.2, 0) is 19.6 Å². The highest BCUT2D eigenvalue weighted by molar-refractivity contribution is 7.88. The zero-order valence-corrected chi connectivity index (χ0v) is 41.1. The highest BCUT2D eigenvalue weighted by Gasteiger charge is 2.31. The minimum absolute atomic E-state index is 0.0567. The number of rotatable bonds is 13. The predicted octanol–water partition coefficient (Wildman–Crippen LogP) is 5.03. The van der Waals surface area contributed by atoms with Crippen LogP contribution in [0.25, 0.3) is 42.9 Å². The number of nitrogens with zero attached hydrogens (tertiary/aromatic N) is 7. The molecule has 2 aromatic carbocycles. The molecule has 0 unspecified atom stereocenters. The van der Waals surface area contributed by atoms with Gasteiger partial charge in [-0.25, -0.2) is 28.4 Å². The van der Waals surface area contributed by atoms with E-state index in [0.717, 1.165) is 92.0 Å². The van der Waals surface area contributed by atoms with E-state index in [1.165, 1.54) is 21.9 Å². The van der Waals surface area contributed by atoms with Gasteiger partial charge in [0.2, 0.25) is 33.6 Å². The number of pyridine rings is 2. The van der Waals surface area contributed by atoms with Crippen LogP contribution in [0, 0.1) is 11.8 Å². The van der Waals surface area contributed by atoms with E-state index in [2.05, 4.69) is 41.8 Å². The Hall–Kier alpha value is -5.87. The molecule has 0 aliphatic carbocycles. The Morgan fingerprint density at radius 3 is 1.53 bits per heavy atom. The third-order valence-electron chi connectivity index (χ3n) is 12.9. The first-order valence-electron chi connectivity index (χ1n) is 22.7. The van der Waals surface area contributed by atoms with Crippen molar-refractivity contribution in [2.24, 2.45) is 11.8 Å². The number of piperazine rings is 2. The van der Waals surface area contributed by atoms with E-state index >= 15 is 0 Å². The highest BCUT2D eigenvalue weighted by atomic mass is 32.2. The van der Waals surface area contributed by atoms with Crippen molar-refractivity contribution in [1.29, 1.82) is 0 Å². The molecule has 10 rings (SSSR count). The number of fused-ring (bicyclic) bond motifs is 2. The maximum absolute atomic E-state index is 11.8. The lowest BCUT2D eigenvalue weighted by Gasteiger charge is -2.35. The van der Waals surface area contributed by atoms with Crippen LogP contribution in [0.4, 0.5) is 11.4 Å². The number of hydrogen-bond donors (Lipinski definition) is 3. The van der Waals surface area contributed by atoms with Crippen LogP contribution in [0.1, 0.15) is 26.7 Å². The molecule has 0 spiro atoms. The zero-order valence-electron chi connectivity index (χ0n) is 38.7. The third kappa shape index (κ3) is 10.4. The zero-order chi connectivity index (χ0) is 47.5. The maximum Gasteiger partial charge on any atom is 0.237 e. The second-order valence-electron chi connectivity index (χ2n) is 17.4. The predicted molar refractivity (Wildman–Crippen MR) is 265 cm³/mol. The van der Waals surface area contributed by atoms with Crippen molar-refractivity contribution >= 4 is 76.3 Å². The van der Waals surface area contributed by atoms with Crippen LogP contribution in [0.3, 0.4) is 0 Å². The van der Waals surface area contributed by atoms with Crippen molar-refractivity contribution in [3.05, 3.63) is 59.6 Å². The number of methoxy groups -OCH3 is 2. The molecule has 21 heteroatoms. The van der Waals surface area contributed by atoms with Gasteiger partial charge in [0.15, 0.2) is 0 Å². The Balaban J connectivity index is 0.000000171. The van der Waals surface area contributed by atoms with Crippen molar-refractivity contribution in [1.82, 2.24) is 40.2 Å². The monoisotopic (exact) mass is 984 g/mol. The Morgan fingerprint density at radius 2 is 1.12 bits per heavy atom. The van der Waals surface area contributed by atoms with Gasteiger partial charge in [0.1, 0.15) is 23.7 Å². The van der Waals surface area contributed by atoms with Gasteiger partial charge >= 0.3 is 0 Å². The first-order valence-corrected chi connectivity index (χ1v) is 26.3. The number of carbonyl (C=O) groups is 2. The topological polar surface area (TPSA) is 203 Å². The number of sulfonamides is 1. The average molecular weight is 985 g/mol. The number of carbonyl (C=O) groups excluding carboxylic acids is 2. The molecule has 4 saturated heterocycles. The van der Waals surface area contributed by atoms with E-state index in [1.807, 2.05) is 61.8 Å². The number of nitrogens with one attached hydrogen (secondary N) is 3. The van der Waals surface area contributed by atoms with Crippen molar-refractivity contribution in [3.8, 4) is 45.8 Å². The van der Waals surface area contributed by atoms with E-state index in [4.69, 9.17) is 28.9 Å². The van der Waals surface area contributed by atoms with Gasteiger partial charge < -0.3 is 44.7 Å². The number of benzene rings is 2. The fourth-order valence-corrected chi connectivity index (χ4v) is 11.3. The van der Waals surface area contributed by atoms with Crippen molar-refractivity contribution in [2.75, 3.05) is 95.7 Å². The Labute approximate surface area is 403 Å². The van der Waals surface area contributed by atoms with E-state index < -0.39 is 10.0 Å². The SMILES string of the molecule is COc1nc(-c2cc(O[C@H](C)[C@H]3CNC(=O)C3)c3scnc3c2)ccc1N1CCN(S(C)(=O)=O)CC1.COc1nc(-c2cc(O[C@H](C)[C@H]3CNC(=O)C3)c3scnc3c2)ccc1N1CCNCC1. The summed E-state index contributed by atoms with van der Waals surface area (Å²) in [6.07, 6.45) is 1.97. The number of hydrogen-bond acceptors (Lipinski definition) is 17. The Kier molecular flexibility index (Phi) is 14.2. The van der Waals surface area contributed by atoms with Crippen molar-refractivity contribution in [2.45, 2.75) is 38.9 Å². The fraction of sp³-hybridized carbons (Fsp3) is 0.447. The number of amides is 2. The van der Waals surface area contributed by atoms with E-state index in [0.29, 0.717) is 63.9 Å². The molecule has 2 amide bonds. The summed E-state index contributed by atoms with van der Waals surface area (Å²) in [5, 5.41) is 9.13. The summed E-state index contributed by atoms with van der Waals surface area (Å²) in [4.78, 5) is 46.3. The Bertz CT molecular complexity index is 2900. The van der Waals surface area contributed by atoms with Crippen LogP contribution in [0.2, 0.25) is 0 Å². The van der Waals surface area contributed by atoms with E-state index in [1.54, 1.807) is 31.1 Å². The molecule has 6 aromatic rings. The normalized spacial score (nSPS) is 19.8. The largest absolute Gasteiger partial charge is 0.489 e. The van der Waals surface area contributed by atoms with E-state index in [-0.39, 0.29) is 35.9 Å². The molecule has 0 radical (unpaired) electrons. The number of thiazole rings is 2. The maximum atomic E-state index is 11.8. The molecule has 0 bridgehead atoms. The van der Waals surface area contributed by atoms with Crippen molar-refractivity contribution in [3.63, 3.8) is 0 Å². The minimum atomic E-state index is -3.20. The number of aromatic nitrogens is 4. The van der Waals surface area contributed by atoms with Crippen LogP contribution in [0.15, 0.2) is 59.6 Å². The van der Waals surface area contributed by atoms with Gasteiger partial charge in [-0.1, -0.05) is 0 Å². The molecule has 8 heterocycles. The standard InChI is InChI=1S/C24H29N5O5S2.C23H27N5O3S/c1-15(17-12-22(30)25-13-17)34-21-11-16(10-19-23(21)35-14-26-19)18-4-5-20(24(27-18)33-2)28-6-8-29(9-7-28)36(3,31)32;1-14(16-11-21(29)25-12-16)31-20-10-15(9-18-22(20)32-13-26-18)17-3-4-19(23(27-17)30-2)28-7-5-24-6-8-28/h4-5,10-11,14-15,17H,6-9,12-13H2,1-3H3,(H,25,30);3-4,9-10,13-14,16,24H,5-8,11-12H2,1-2H3,(H,25,29)/t15-,17-;14-,16-/m11/s1. The molecule has 4 atom stereocenters. The van der Waals surface area contributed by atoms with Gasteiger partial charge in [0.25, 0.3) is 0 Å². The van der Waals surface area contributed by atoms with Crippen molar-refractivity contribution < 1.29 is 37.0 Å². The molecule has 4 aliphatic heterocycles. The molecule has 4 aromatic heterocycles. The summed E-state index contributed by atoms with van der Waals surface area (Å²) in [6.45, 7) is 11.0. The van der Waals surface area contributed by atoms with Crippen LogP contribution < -0.4 is 44.7 Å². The Morgan fingerprint density at radius 1 is 0.662 bits per heavy atom. The average Bonchev–Trinajstić information content (AvgIpc) is 4.20. The highest BCUT2D eigenvalue weighted by Crippen LogP contribution is 2.40. The second-order valence-corrected chi connectivity index (χ2v) is 21.1. The molecule has 0 saturated carbocycles. The third-order valence-corrected chi connectivity index (χ3v) is 15.9. The van der Waals surface area contributed by atoms with Gasteiger partial charge in [-0.15, -0.1) is 22.7 Å². The number of ether oxygens (including phenoxy) is 4. The molecule has 4 fully saturated rings. The lowest BCUT2D eigenvalue weighted by atomic mass is 10.0. The van der Waals surface area contributed by atoms with Crippen LogP contribution in [0.5, 0.6) is 23.3 Å². The quantitative estimate of drug-likeness (QED) is 0.139. The van der Waals surface area contributed by atoms with Gasteiger partial charge in [-0.2, -0.15) is 4.31 Å². The molecular weight excluding hydrogens is 929 g/mol. The van der Waals surface area contributed by atoms with Gasteiger partial charge in [0, 0.05) is 101 Å². The molecular formula is C47H56N10O8S3. The summed E-state index contributed by atoms with van der Waals surface area (Å²) in [5.74, 6) is 3.01. The van der Waals surface area contributed by atoms with Gasteiger partial charge in [-0.05, 0) is 62.4 Å². The molecule has 360 valence electrons. The van der Waals surface area contributed by atoms with Crippen LogP contribution >= 0.6 is 22.7 Å². The van der Waals surface area contributed by atoms with Gasteiger partial charge in [-0.3, -0.25) is 9.59 Å². The summed E-state index contributed by atoms with van der Waals surface area (Å²) in [6, 6.07) is 16.0. The minimum Gasteiger partial charge on any atom is -0.489 e. The molecule has 68 heavy (non-hydrogen) atoms. The lowest BCUT2D eigenvalue weighted by molar-refractivity contribution is -0.120. The first kappa shape index (κ1) is 47.2. The summed E-state index contributed by atoms with van der Waals surface area (Å²) >= 11 is 3.07.